The molecule has 7 heteroatoms. The molecule has 1 aliphatic carbocycles. The zero-order chi connectivity index (χ0) is 19.8. The fourth-order valence-electron chi connectivity index (χ4n) is 4.38. The Labute approximate surface area is 168 Å². The standard InChI is InChI=1S/C21H37N3O4/c25-15-19-18(23-21(27)16-5-4-6-16)8-7-17(28-19)9-11-22-20(26)10-14-24-12-2-1-3-13-24/h16-19,25H,1-15H2,(H,22,26)(H,23,27)/t17-,18+,19-/m0/s1. The van der Waals surface area contributed by atoms with Gasteiger partial charge in [-0.25, -0.2) is 0 Å². The van der Waals surface area contributed by atoms with Crippen molar-refractivity contribution in [2.45, 2.75) is 82.5 Å². The molecule has 0 bridgehead atoms. The summed E-state index contributed by atoms with van der Waals surface area (Å²) in [5, 5.41) is 15.7. The van der Waals surface area contributed by atoms with Crippen LogP contribution in [0.2, 0.25) is 0 Å². The van der Waals surface area contributed by atoms with Crippen molar-refractivity contribution < 1.29 is 19.4 Å². The molecule has 28 heavy (non-hydrogen) atoms. The number of carbonyl (C=O) groups is 2. The first-order chi connectivity index (χ1) is 13.7. The molecule has 0 aromatic heterocycles. The molecule has 7 nitrogen and oxygen atoms in total. The Balaban J connectivity index is 1.29. The number of amides is 2. The van der Waals surface area contributed by atoms with Gasteiger partial charge in [0.05, 0.1) is 18.8 Å². The molecule has 3 atom stereocenters. The van der Waals surface area contributed by atoms with E-state index < -0.39 is 0 Å². The Morgan fingerprint density at radius 3 is 2.50 bits per heavy atom. The second-order valence-corrected chi connectivity index (χ2v) is 8.59. The molecule has 0 aromatic rings. The number of aliphatic hydroxyl groups excluding tert-OH is 1. The lowest BCUT2D eigenvalue weighted by Crippen LogP contribution is -2.53. The molecule has 2 saturated heterocycles. The molecule has 3 N–H and O–H groups in total. The van der Waals surface area contributed by atoms with E-state index in [0.29, 0.717) is 13.0 Å². The number of hydrogen-bond acceptors (Lipinski definition) is 5. The zero-order valence-corrected chi connectivity index (χ0v) is 17.0. The van der Waals surface area contributed by atoms with Gasteiger partial charge < -0.3 is 25.4 Å². The van der Waals surface area contributed by atoms with Crippen LogP contribution in [0.15, 0.2) is 0 Å². The van der Waals surface area contributed by atoms with E-state index >= 15 is 0 Å². The van der Waals surface area contributed by atoms with E-state index in [0.717, 1.165) is 58.2 Å². The van der Waals surface area contributed by atoms with E-state index in [9.17, 15) is 14.7 Å². The van der Waals surface area contributed by atoms with Crippen LogP contribution in [0.25, 0.3) is 0 Å². The number of ether oxygens (including phenoxy) is 1. The van der Waals surface area contributed by atoms with Crippen molar-refractivity contribution in [3.8, 4) is 0 Å². The molecule has 0 radical (unpaired) electrons. The summed E-state index contributed by atoms with van der Waals surface area (Å²) < 4.78 is 5.99. The van der Waals surface area contributed by atoms with Gasteiger partial charge >= 0.3 is 0 Å². The number of likely N-dealkylation sites (tertiary alicyclic amines) is 1. The van der Waals surface area contributed by atoms with Crippen LogP contribution >= 0.6 is 0 Å². The molecule has 160 valence electrons. The average Bonchev–Trinajstić information content (AvgIpc) is 2.67. The summed E-state index contributed by atoms with van der Waals surface area (Å²) in [6.07, 6.45) is 9.52. The fourth-order valence-corrected chi connectivity index (χ4v) is 4.38. The number of carbonyl (C=O) groups excluding carboxylic acids is 2. The van der Waals surface area contributed by atoms with Gasteiger partial charge in [0, 0.05) is 25.4 Å². The van der Waals surface area contributed by atoms with Crippen molar-refractivity contribution in [1.29, 1.82) is 0 Å². The first-order valence-electron chi connectivity index (χ1n) is 11.2. The fraction of sp³-hybridized carbons (Fsp3) is 0.905. The number of piperidine rings is 1. The van der Waals surface area contributed by atoms with E-state index in [4.69, 9.17) is 4.74 Å². The van der Waals surface area contributed by atoms with E-state index in [2.05, 4.69) is 15.5 Å². The summed E-state index contributed by atoms with van der Waals surface area (Å²) >= 11 is 0. The molecular formula is C21H37N3O4. The molecule has 2 heterocycles. The van der Waals surface area contributed by atoms with Crippen molar-refractivity contribution in [1.82, 2.24) is 15.5 Å². The lowest BCUT2D eigenvalue weighted by molar-refractivity contribution is -0.134. The third-order valence-corrected chi connectivity index (χ3v) is 6.49. The van der Waals surface area contributed by atoms with E-state index in [1.165, 1.54) is 19.3 Å². The summed E-state index contributed by atoms with van der Waals surface area (Å²) in [7, 11) is 0. The highest BCUT2D eigenvalue weighted by atomic mass is 16.5. The predicted octanol–water partition coefficient (Wildman–Crippen LogP) is 1.19. The third kappa shape index (κ3) is 6.42. The smallest absolute Gasteiger partial charge is 0.223 e. The Kier molecular flexibility index (Phi) is 8.55. The highest BCUT2D eigenvalue weighted by molar-refractivity contribution is 5.79. The molecule has 1 saturated carbocycles. The highest BCUT2D eigenvalue weighted by Gasteiger charge is 2.34. The summed E-state index contributed by atoms with van der Waals surface area (Å²) in [5.74, 6) is 0.362. The third-order valence-electron chi connectivity index (χ3n) is 6.49. The quantitative estimate of drug-likeness (QED) is 0.546. The van der Waals surface area contributed by atoms with Crippen molar-refractivity contribution >= 4 is 11.8 Å². The minimum absolute atomic E-state index is 0.0244. The van der Waals surface area contributed by atoms with Crippen LogP contribution in [0.1, 0.15) is 64.2 Å². The minimum Gasteiger partial charge on any atom is -0.394 e. The number of aliphatic hydroxyl groups is 1. The summed E-state index contributed by atoms with van der Waals surface area (Å²) in [5.41, 5.74) is 0. The number of hydrogen-bond donors (Lipinski definition) is 3. The molecule has 0 unspecified atom stereocenters. The van der Waals surface area contributed by atoms with Gasteiger partial charge in [0.25, 0.3) is 0 Å². The maximum atomic E-state index is 12.2. The van der Waals surface area contributed by atoms with Gasteiger partial charge in [0.1, 0.15) is 6.10 Å². The summed E-state index contributed by atoms with van der Waals surface area (Å²) in [6, 6.07) is -0.103. The van der Waals surface area contributed by atoms with E-state index in [-0.39, 0.29) is 42.6 Å². The molecule has 0 spiro atoms. The minimum atomic E-state index is -0.349. The van der Waals surface area contributed by atoms with E-state index in [1.807, 2.05) is 0 Å². The van der Waals surface area contributed by atoms with Crippen LogP contribution < -0.4 is 10.6 Å². The van der Waals surface area contributed by atoms with E-state index in [1.54, 1.807) is 0 Å². The van der Waals surface area contributed by atoms with Gasteiger partial charge in [-0.15, -0.1) is 0 Å². The SMILES string of the molecule is O=C(CCN1CCCCC1)NCC[C@@H]1CC[C@@H](NC(=O)C2CCC2)[C@H](CO)O1. The molecular weight excluding hydrogens is 358 g/mol. The topological polar surface area (TPSA) is 90.9 Å². The van der Waals surface area contributed by atoms with Crippen molar-refractivity contribution in [3.05, 3.63) is 0 Å². The number of nitrogens with zero attached hydrogens (tertiary/aromatic N) is 1. The van der Waals surface area contributed by atoms with Crippen LogP contribution in [0, 0.1) is 5.92 Å². The lowest BCUT2D eigenvalue weighted by atomic mass is 9.84. The van der Waals surface area contributed by atoms with Crippen LogP contribution in [0.3, 0.4) is 0 Å². The average molecular weight is 396 g/mol. The van der Waals surface area contributed by atoms with Gasteiger partial charge in [-0.2, -0.15) is 0 Å². The largest absolute Gasteiger partial charge is 0.394 e. The predicted molar refractivity (Wildman–Crippen MR) is 107 cm³/mol. The van der Waals surface area contributed by atoms with Crippen LogP contribution in [0.5, 0.6) is 0 Å². The van der Waals surface area contributed by atoms with Gasteiger partial charge in [-0.1, -0.05) is 12.8 Å². The first kappa shape index (κ1) is 21.5. The van der Waals surface area contributed by atoms with Crippen LogP contribution in [-0.4, -0.2) is 72.9 Å². The van der Waals surface area contributed by atoms with Gasteiger partial charge in [0.15, 0.2) is 0 Å². The second kappa shape index (κ2) is 11.1. The molecule has 2 amide bonds. The highest BCUT2D eigenvalue weighted by Crippen LogP contribution is 2.28. The molecule has 3 aliphatic rings. The van der Waals surface area contributed by atoms with Crippen molar-refractivity contribution in [2.24, 2.45) is 5.92 Å². The number of nitrogens with one attached hydrogen (secondary N) is 2. The Morgan fingerprint density at radius 1 is 1.04 bits per heavy atom. The normalized spacial score (nSPS) is 29.1. The van der Waals surface area contributed by atoms with Crippen molar-refractivity contribution in [2.75, 3.05) is 32.8 Å². The molecule has 3 fully saturated rings. The zero-order valence-electron chi connectivity index (χ0n) is 17.0. The first-order valence-corrected chi connectivity index (χ1v) is 11.2. The van der Waals surface area contributed by atoms with Gasteiger partial charge in [0.2, 0.25) is 11.8 Å². The lowest BCUT2D eigenvalue weighted by Gasteiger charge is -2.37. The van der Waals surface area contributed by atoms with Crippen LogP contribution in [-0.2, 0) is 14.3 Å². The Hall–Kier alpha value is -1.18. The van der Waals surface area contributed by atoms with Gasteiger partial charge in [-0.05, 0) is 58.0 Å². The monoisotopic (exact) mass is 395 g/mol. The maximum Gasteiger partial charge on any atom is 0.223 e. The number of rotatable bonds is 9. The molecule has 2 aliphatic heterocycles. The van der Waals surface area contributed by atoms with Crippen LogP contribution in [0.4, 0.5) is 0 Å². The second-order valence-electron chi connectivity index (χ2n) is 8.59. The Bertz CT molecular complexity index is 506. The Morgan fingerprint density at radius 2 is 1.82 bits per heavy atom. The maximum absolute atomic E-state index is 12.2. The van der Waals surface area contributed by atoms with Gasteiger partial charge in [-0.3, -0.25) is 9.59 Å². The molecule has 3 rings (SSSR count). The summed E-state index contributed by atoms with van der Waals surface area (Å²) in [4.78, 5) is 26.6. The van der Waals surface area contributed by atoms with Crippen molar-refractivity contribution in [3.63, 3.8) is 0 Å². The molecule has 0 aromatic carbocycles. The summed E-state index contributed by atoms with van der Waals surface area (Å²) in [6.45, 7) is 3.59.